The minimum absolute atomic E-state index is 0.0409. The molecule has 1 amide bonds. The normalized spacial score (nSPS) is 11.4. The molecule has 3 heteroatoms. The summed E-state index contributed by atoms with van der Waals surface area (Å²) < 4.78 is 1.66. The molecule has 3 nitrogen and oxygen atoms in total. The van der Waals surface area contributed by atoms with E-state index in [1.54, 1.807) is 29.8 Å². The maximum Gasteiger partial charge on any atom is 0.328 e. The topological polar surface area (TPSA) is 25.2 Å². The highest BCUT2D eigenvalue weighted by Crippen LogP contribution is 2.18. The van der Waals surface area contributed by atoms with E-state index in [0.29, 0.717) is 0 Å². The third kappa shape index (κ3) is 2.94. The molecule has 0 atom stereocenters. The molecule has 0 aliphatic carbocycles. The fraction of sp³-hybridized carbons (Fsp3) is 0.188. The van der Waals surface area contributed by atoms with Crippen LogP contribution >= 0.6 is 0 Å². The average Bonchev–Trinajstić information content (AvgIpc) is 2.88. The Balaban J connectivity index is 2.35. The number of hydrogen-bond acceptors (Lipinski definition) is 1. The molecule has 19 heavy (non-hydrogen) atoms. The predicted octanol–water partition coefficient (Wildman–Crippen LogP) is 3.58. The lowest BCUT2D eigenvalue weighted by Gasteiger charge is -2.14. The van der Waals surface area contributed by atoms with Crippen molar-refractivity contribution in [3.63, 3.8) is 0 Å². The summed E-state index contributed by atoms with van der Waals surface area (Å²) in [5.41, 5.74) is 3.11. The average molecular weight is 254 g/mol. The van der Waals surface area contributed by atoms with Gasteiger partial charge in [-0.05, 0) is 36.3 Å². The number of rotatable bonds is 2. The second-order valence-corrected chi connectivity index (χ2v) is 4.68. The van der Waals surface area contributed by atoms with E-state index >= 15 is 0 Å². The van der Waals surface area contributed by atoms with Crippen molar-refractivity contribution in [1.29, 1.82) is 0 Å². The van der Waals surface area contributed by atoms with Crippen LogP contribution in [0.4, 0.5) is 4.79 Å². The van der Waals surface area contributed by atoms with Crippen LogP contribution < -0.4 is 0 Å². The molecular formula is C16H18N2O. The van der Waals surface area contributed by atoms with Crippen molar-refractivity contribution in [2.45, 2.75) is 6.92 Å². The van der Waals surface area contributed by atoms with Crippen LogP contribution in [-0.2, 0) is 0 Å². The Morgan fingerprint density at radius 2 is 1.79 bits per heavy atom. The summed E-state index contributed by atoms with van der Waals surface area (Å²) >= 11 is 0. The van der Waals surface area contributed by atoms with Gasteiger partial charge in [0, 0.05) is 20.3 Å². The Bertz CT molecular complexity index is 594. The Morgan fingerprint density at radius 3 is 2.42 bits per heavy atom. The van der Waals surface area contributed by atoms with Gasteiger partial charge in [0.25, 0.3) is 0 Å². The molecule has 1 aromatic carbocycles. The summed E-state index contributed by atoms with van der Waals surface area (Å²) in [4.78, 5) is 13.6. The summed E-state index contributed by atoms with van der Waals surface area (Å²) in [5, 5.41) is 0. The number of carbonyl (C=O) groups is 1. The molecule has 0 radical (unpaired) electrons. The minimum atomic E-state index is -0.0409. The number of nitrogens with zero attached hydrogens (tertiary/aromatic N) is 2. The lowest BCUT2D eigenvalue weighted by atomic mass is 10.1. The predicted molar refractivity (Wildman–Crippen MR) is 78.9 cm³/mol. The summed E-state index contributed by atoms with van der Waals surface area (Å²) in [6.45, 7) is 2.02. The van der Waals surface area contributed by atoms with Gasteiger partial charge in [-0.3, -0.25) is 4.57 Å². The van der Waals surface area contributed by atoms with Crippen LogP contribution in [-0.4, -0.2) is 29.6 Å². The van der Waals surface area contributed by atoms with E-state index in [0.717, 1.165) is 16.8 Å². The quantitative estimate of drug-likeness (QED) is 0.804. The fourth-order valence-corrected chi connectivity index (χ4v) is 1.96. The molecule has 0 fully saturated rings. The SMILES string of the molecule is C/C(=C\c1ccccc1)c1cccn1C(=O)N(C)C. The van der Waals surface area contributed by atoms with Crippen molar-refractivity contribution in [3.05, 3.63) is 59.9 Å². The molecule has 0 saturated heterocycles. The molecule has 98 valence electrons. The molecule has 2 rings (SSSR count). The third-order valence-corrected chi connectivity index (χ3v) is 2.92. The van der Waals surface area contributed by atoms with Gasteiger partial charge in [0.1, 0.15) is 0 Å². The van der Waals surface area contributed by atoms with Gasteiger partial charge < -0.3 is 4.90 Å². The Hall–Kier alpha value is -2.29. The summed E-state index contributed by atoms with van der Waals surface area (Å²) in [6.07, 6.45) is 3.87. The van der Waals surface area contributed by atoms with Crippen LogP contribution in [0.2, 0.25) is 0 Å². The van der Waals surface area contributed by atoms with Crippen LogP contribution in [0.3, 0.4) is 0 Å². The standard InChI is InChI=1S/C16H18N2O/c1-13(12-14-8-5-4-6-9-14)15-10-7-11-18(15)16(19)17(2)3/h4-12H,1-3H3/b13-12+. The smallest absolute Gasteiger partial charge is 0.328 e. The Labute approximate surface area is 113 Å². The van der Waals surface area contributed by atoms with Gasteiger partial charge in [0.2, 0.25) is 0 Å². The van der Waals surface area contributed by atoms with Crippen molar-refractivity contribution >= 4 is 17.7 Å². The molecule has 0 bridgehead atoms. The minimum Gasteiger partial charge on any atom is -0.330 e. The van der Waals surface area contributed by atoms with Crippen LogP contribution in [0.15, 0.2) is 48.7 Å². The Kier molecular flexibility index (Phi) is 3.85. The van der Waals surface area contributed by atoms with Gasteiger partial charge in [-0.1, -0.05) is 30.3 Å². The monoisotopic (exact) mass is 254 g/mol. The van der Waals surface area contributed by atoms with E-state index in [9.17, 15) is 4.79 Å². The first-order chi connectivity index (χ1) is 9.09. The van der Waals surface area contributed by atoms with Gasteiger partial charge >= 0.3 is 6.03 Å². The van der Waals surface area contributed by atoms with Crippen LogP contribution in [0.5, 0.6) is 0 Å². The molecule has 0 saturated carbocycles. The highest BCUT2D eigenvalue weighted by Gasteiger charge is 2.11. The van der Waals surface area contributed by atoms with Crippen molar-refractivity contribution in [1.82, 2.24) is 9.47 Å². The molecule has 1 aromatic heterocycles. The third-order valence-electron chi connectivity index (χ3n) is 2.92. The molecule has 0 N–H and O–H groups in total. The van der Waals surface area contributed by atoms with Gasteiger partial charge in [-0.25, -0.2) is 4.79 Å². The zero-order valence-electron chi connectivity index (χ0n) is 11.5. The first kappa shape index (κ1) is 13.1. The first-order valence-electron chi connectivity index (χ1n) is 6.22. The summed E-state index contributed by atoms with van der Waals surface area (Å²) in [7, 11) is 3.50. The largest absolute Gasteiger partial charge is 0.330 e. The lowest BCUT2D eigenvalue weighted by Crippen LogP contribution is -2.27. The number of amides is 1. The molecule has 0 aliphatic heterocycles. The Morgan fingerprint density at radius 1 is 1.11 bits per heavy atom. The molecule has 2 aromatic rings. The maximum absolute atomic E-state index is 12.0. The fourth-order valence-electron chi connectivity index (χ4n) is 1.96. The van der Waals surface area contributed by atoms with Crippen LogP contribution in [0.25, 0.3) is 11.6 Å². The summed E-state index contributed by atoms with van der Waals surface area (Å²) in [6, 6.07) is 13.9. The maximum atomic E-state index is 12.0. The summed E-state index contributed by atoms with van der Waals surface area (Å²) in [5.74, 6) is 0. The van der Waals surface area contributed by atoms with E-state index in [1.165, 1.54) is 0 Å². The lowest BCUT2D eigenvalue weighted by molar-refractivity contribution is 0.219. The zero-order valence-corrected chi connectivity index (χ0v) is 11.5. The molecule has 1 heterocycles. The van der Waals surface area contributed by atoms with Crippen molar-refractivity contribution < 1.29 is 4.79 Å². The van der Waals surface area contributed by atoms with Gasteiger partial charge in [-0.2, -0.15) is 0 Å². The van der Waals surface area contributed by atoms with Crippen molar-refractivity contribution in [2.75, 3.05) is 14.1 Å². The van der Waals surface area contributed by atoms with Crippen LogP contribution in [0.1, 0.15) is 18.2 Å². The highest BCUT2D eigenvalue weighted by molar-refractivity contribution is 5.85. The number of hydrogen-bond donors (Lipinski definition) is 0. The van der Waals surface area contributed by atoms with E-state index in [4.69, 9.17) is 0 Å². The second kappa shape index (κ2) is 5.57. The van der Waals surface area contributed by atoms with Gasteiger partial charge in [0.05, 0.1) is 5.69 Å². The van der Waals surface area contributed by atoms with E-state index in [2.05, 4.69) is 6.08 Å². The molecule has 0 unspecified atom stereocenters. The molecular weight excluding hydrogens is 236 g/mol. The second-order valence-electron chi connectivity index (χ2n) is 4.68. The van der Waals surface area contributed by atoms with E-state index in [1.807, 2.05) is 49.4 Å². The van der Waals surface area contributed by atoms with Crippen LogP contribution in [0, 0.1) is 0 Å². The molecule has 0 spiro atoms. The van der Waals surface area contributed by atoms with Gasteiger partial charge in [-0.15, -0.1) is 0 Å². The number of aromatic nitrogens is 1. The number of carbonyl (C=O) groups excluding carboxylic acids is 1. The zero-order chi connectivity index (χ0) is 13.8. The highest BCUT2D eigenvalue weighted by atomic mass is 16.2. The van der Waals surface area contributed by atoms with Crippen molar-refractivity contribution in [2.24, 2.45) is 0 Å². The van der Waals surface area contributed by atoms with E-state index < -0.39 is 0 Å². The van der Waals surface area contributed by atoms with E-state index in [-0.39, 0.29) is 6.03 Å². The van der Waals surface area contributed by atoms with Gasteiger partial charge in [0.15, 0.2) is 0 Å². The number of benzene rings is 1. The van der Waals surface area contributed by atoms with Crippen molar-refractivity contribution in [3.8, 4) is 0 Å². The molecule has 0 aliphatic rings. The number of allylic oxidation sites excluding steroid dienone is 1. The first-order valence-corrected chi connectivity index (χ1v) is 6.22.